The predicted octanol–water partition coefficient (Wildman–Crippen LogP) is 1.08. The number of nitrogens with two attached hydrogens (primary N) is 1. The van der Waals surface area contributed by atoms with Gasteiger partial charge in [0.1, 0.15) is 12.2 Å². The van der Waals surface area contributed by atoms with Crippen LogP contribution >= 0.6 is 15.9 Å². The van der Waals surface area contributed by atoms with E-state index < -0.39 is 0 Å². The van der Waals surface area contributed by atoms with Crippen LogP contribution in [-0.4, -0.2) is 21.1 Å². The number of nitrogens with one attached hydrogen (secondary N) is 2. The van der Waals surface area contributed by atoms with Crippen molar-refractivity contribution in [2.75, 3.05) is 5.73 Å². The summed E-state index contributed by atoms with van der Waals surface area (Å²) in [6, 6.07) is 5.13. The quantitative estimate of drug-likeness (QED) is 0.738. The Kier molecular flexibility index (Phi) is 3.38. The molecule has 0 atom stereocenters. The molecule has 2 aromatic rings. The predicted molar refractivity (Wildman–Crippen MR) is 66.1 cm³/mol. The monoisotopic (exact) mass is 295 g/mol. The summed E-state index contributed by atoms with van der Waals surface area (Å²) in [5, 5.41) is 9.03. The van der Waals surface area contributed by atoms with Gasteiger partial charge in [-0.3, -0.25) is 9.89 Å². The Hall–Kier alpha value is -1.89. The maximum absolute atomic E-state index is 11.8. The third-order valence-electron chi connectivity index (χ3n) is 2.14. The molecule has 0 saturated heterocycles. The lowest BCUT2D eigenvalue weighted by atomic mass is 10.1. The van der Waals surface area contributed by atoms with Gasteiger partial charge in [0.05, 0.1) is 12.1 Å². The van der Waals surface area contributed by atoms with Crippen molar-refractivity contribution in [2.45, 2.75) is 6.54 Å². The van der Waals surface area contributed by atoms with Gasteiger partial charge in [0.25, 0.3) is 5.91 Å². The highest BCUT2D eigenvalue weighted by Gasteiger charge is 2.10. The van der Waals surface area contributed by atoms with Crippen LogP contribution in [0.15, 0.2) is 29.0 Å². The Morgan fingerprint density at radius 3 is 3.06 bits per heavy atom. The summed E-state index contributed by atoms with van der Waals surface area (Å²) in [5.74, 6) is 0.340. The Morgan fingerprint density at radius 2 is 2.35 bits per heavy atom. The average molecular weight is 296 g/mol. The summed E-state index contributed by atoms with van der Waals surface area (Å²) < 4.78 is 0.802. The number of nitrogens with zero attached hydrogens (tertiary/aromatic N) is 2. The van der Waals surface area contributed by atoms with Gasteiger partial charge in [-0.25, -0.2) is 4.98 Å². The zero-order valence-corrected chi connectivity index (χ0v) is 10.4. The average Bonchev–Trinajstić information content (AvgIpc) is 2.82. The van der Waals surface area contributed by atoms with Crippen molar-refractivity contribution >= 4 is 27.5 Å². The Bertz CT molecular complexity index is 525. The van der Waals surface area contributed by atoms with Crippen LogP contribution in [0, 0.1) is 0 Å². The molecular formula is C10H10BrN5O. The van der Waals surface area contributed by atoms with Crippen molar-refractivity contribution in [3.05, 3.63) is 40.4 Å². The lowest BCUT2D eigenvalue weighted by Crippen LogP contribution is -2.24. The highest BCUT2D eigenvalue weighted by Crippen LogP contribution is 2.18. The second-order valence-electron chi connectivity index (χ2n) is 3.35. The third kappa shape index (κ3) is 2.82. The molecule has 4 N–H and O–H groups in total. The molecule has 88 valence electrons. The lowest BCUT2D eigenvalue weighted by molar-refractivity contribution is 0.0951. The van der Waals surface area contributed by atoms with Gasteiger partial charge in [-0.15, -0.1) is 0 Å². The summed E-state index contributed by atoms with van der Waals surface area (Å²) in [7, 11) is 0. The molecular weight excluding hydrogens is 286 g/mol. The van der Waals surface area contributed by atoms with Crippen molar-refractivity contribution in [3.8, 4) is 0 Å². The number of anilines is 1. The van der Waals surface area contributed by atoms with Crippen LogP contribution in [0.1, 0.15) is 16.2 Å². The number of rotatable bonds is 3. The molecule has 7 heteroatoms. The number of aromatic amines is 1. The van der Waals surface area contributed by atoms with E-state index in [1.165, 1.54) is 6.33 Å². The zero-order chi connectivity index (χ0) is 12.3. The van der Waals surface area contributed by atoms with Crippen molar-refractivity contribution in [2.24, 2.45) is 0 Å². The molecule has 1 heterocycles. The Labute approximate surface area is 106 Å². The van der Waals surface area contributed by atoms with E-state index in [2.05, 4.69) is 36.4 Å². The van der Waals surface area contributed by atoms with Crippen molar-refractivity contribution in [3.63, 3.8) is 0 Å². The van der Waals surface area contributed by atoms with Crippen LogP contribution < -0.4 is 11.1 Å². The Morgan fingerprint density at radius 1 is 1.53 bits per heavy atom. The number of carbonyl (C=O) groups is 1. The molecule has 0 aliphatic carbocycles. The van der Waals surface area contributed by atoms with Gasteiger partial charge in [0.2, 0.25) is 0 Å². The van der Waals surface area contributed by atoms with Gasteiger partial charge in [-0.1, -0.05) is 15.9 Å². The molecule has 0 radical (unpaired) electrons. The highest BCUT2D eigenvalue weighted by atomic mass is 79.9. The van der Waals surface area contributed by atoms with E-state index >= 15 is 0 Å². The van der Waals surface area contributed by atoms with Gasteiger partial charge < -0.3 is 11.1 Å². The molecule has 0 aliphatic rings. The van der Waals surface area contributed by atoms with E-state index in [-0.39, 0.29) is 12.5 Å². The van der Waals surface area contributed by atoms with E-state index in [1.807, 2.05) is 0 Å². The van der Waals surface area contributed by atoms with Crippen molar-refractivity contribution < 1.29 is 4.79 Å². The van der Waals surface area contributed by atoms with Crippen LogP contribution in [0.3, 0.4) is 0 Å². The molecule has 0 spiro atoms. The number of hydrogen-bond donors (Lipinski definition) is 3. The molecule has 1 aromatic heterocycles. The zero-order valence-electron chi connectivity index (χ0n) is 8.77. The topological polar surface area (TPSA) is 96.7 Å². The molecule has 1 amide bonds. The molecule has 1 aromatic carbocycles. The second kappa shape index (κ2) is 4.96. The summed E-state index contributed by atoms with van der Waals surface area (Å²) in [6.45, 7) is 0.283. The van der Waals surface area contributed by atoms with Gasteiger partial charge >= 0.3 is 0 Å². The molecule has 17 heavy (non-hydrogen) atoms. The molecule has 0 unspecified atom stereocenters. The smallest absolute Gasteiger partial charge is 0.253 e. The maximum Gasteiger partial charge on any atom is 0.253 e. The summed E-state index contributed by atoms with van der Waals surface area (Å²) >= 11 is 3.29. The summed E-state index contributed by atoms with van der Waals surface area (Å²) in [6.07, 6.45) is 1.38. The number of halogens is 1. The second-order valence-corrected chi connectivity index (χ2v) is 4.26. The van der Waals surface area contributed by atoms with Crippen molar-refractivity contribution in [1.82, 2.24) is 20.5 Å². The van der Waals surface area contributed by atoms with E-state index in [0.717, 1.165) is 4.47 Å². The third-order valence-corrected chi connectivity index (χ3v) is 2.63. The van der Waals surface area contributed by atoms with Gasteiger partial charge in [-0.05, 0) is 18.2 Å². The van der Waals surface area contributed by atoms with Crippen LogP contribution in [0.4, 0.5) is 5.69 Å². The molecule has 0 fully saturated rings. The van der Waals surface area contributed by atoms with Gasteiger partial charge in [0.15, 0.2) is 0 Å². The minimum Gasteiger partial charge on any atom is -0.398 e. The SMILES string of the molecule is Nc1ccc(Br)cc1C(=O)NCc1ncn[nH]1. The molecule has 0 saturated carbocycles. The van der Waals surface area contributed by atoms with Crippen LogP contribution in [0.5, 0.6) is 0 Å². The summed E-state index contributed by atoms with van der Waals surface area (Å²) in [4.78, 5) is 15.7. The first kappa shape index (κ1) is 11.6. The number of carbonyl (C=O) groups excluding carboxylic acids is 1. The summed E-state index contributed by atoms with van der Waals surface area (Å²) in [5.41, 5.74) is 6.58. The first-order valence-electron chi connectivity index (χ1n) is 4.84. The Balaban J connectivity index is 2.07. The van der Waals surface area contributed by atoms with Crippen molar-refractivity contribution in [1.29, 1.82) is 0 Å². The normalized spacial score (nSPS) is 10.2. The fourth-order valence-electron chi connectivity index (χ4n) is 1.30. The molecule has 0 bridgehead atoms. The molecule has 2 rings (SSSR count). The van der Waals surface area contributed by atoms with Gasteiger partial charge in [0, 0.05) is 10.2 Å². The lowest BCUT2D eigenvalue weighted by Gasteiger charge is -2.06. The van der Waals surface area contributed by atoms with Crippen LogP contribution in [-0.2, 0) is 6.54 Å². The van der Waals surface area contributed by atoms with Crippen LogP contribution in [0.2, 0.25) is 0 Å². The fraction of sp³-hybridized carbons (Fsp3) is 0.100. The number of amides is 1. The number of benzene rings is 1. The number of hydrogen-bond acceptors (Lipinski definition) is 4. The first-order chi connectivity index (χ1) is 8.16. The molecule has 6 nitrogen and oxygen atoms in total. The highest BCUT2D eigenvalue weighted by molar-refractivity contribution is 9.10. The van der Waals surface area contributed by atoms with E-state index in [4.69, 9.17) is 5.73 Å². The minimum atomic E-state index is -0.250. The minimum absolute atomic E-state index is 0.250. The van der Waals surface area contributed by atoms with E-state index in [9.17, 15) is 4.79 Å². The first-order valence-corrected chi connectivity index (χ1v) is 5.63. The van der Waals surface area contributed by atoms with Gasteiger partial charge in [-0.2, -0.15) is 5.10 Å². The van der Waals surface area contributed by atoms with E-state index in [1.54, 1.807) is 18.2 Å². The van der Waals surface area contributed by atoms with Crippen LogP contribution in [0.25, 0.3) is 0 Å². The standard InChI is InChI=1S/C10H10BrN5O/c11-6-1-2-8(12)7(3-6)10(17)13-4-9-14-5-15-16-9/h1-3,5H,4,12H2,(H,13,17)(H,14,15,16). The number of aromatic nitrogens is 3. The fourth-order valence-corrected chi connectivity index (χ4v) is 1.66. The number of nitrogen functional groups attached to an aromatic ring is 1. The maximum atomic E-state index is 11.8. The van der Waals surface area contributed by atoms with E-state index in [0.29, 0.717) is 17.1 Å². The largest absolute Gasteiger partial charge is 0.398 e. The number of H-pyrrole nitrogens is 1. The molecule has 0 aliphatic heterocycles.